The summed E-state index contributed by atoms with van der Waals surface area (Å²) in [6, 6.07) is 21.8. The molecule has 3 aromatic carbocycles. The van der Waals surface area contributed by atoms with E-state index in [0.29, 0.717) is 24.9 Å². The van der Waals surface area contributed by atoms with Crippen LogP contribution in [-0.2, 0) is 22.9 Å². The van der Waals surface area contributed by atoms with Gasteiger partial charge in [0, 0.05) is 23.8 Å². The zero-order valence-electron chi connectivity index (χ0n) is 16.7. The van der Waals surface area contributed by atoms with Crippen molar-refractivity contribution in [3.63, 3.8) is 0 Å². The predicted octanol–water partition coefficient (Wildman–Crippen LogP) is 4.03. The number of anilines is 2. The summed E-state index contributed by atoms with van der Waals surface area (Å²) >= 11 is 0. The van der Waals surface area contributed by atoms with Crippen molar-refractivity contribution in [2.75, 3.05) is 15.7 Å². The highest BCUT2D eigenvalue weighted by atomic mass is 32.2. The van der Waals surface area contributed by atoms with E-state index in [9.17, 15) is 13.2 Å². The summed E-state index contributed by atoms with van der Waals surface area (Å²) in [5.41, 5.74) is 4.11. The number of benzene rings is 3. The fraction of sp³-hybridized carbons (Fsp3) is 0.208. The van der Waals surface area contributed by atoms with Crippen LogP contribution in [0.1, 0.15) is 28.4 Å². The monoisotopic (exact) mass is 418 g/mol. The summed E-state index contributed by atoms with van der Waals surface area (Å²) in [5, 5.41) is 0. The van der Waals surface area contributed by atoms with Gasteiger partial charge in [0.15, 0.2) is 0 Å². The zero-order chi connectivity index (χ0) is 20.9. The van der Waals surface area contributed by atoms with Crippen molar-refractivity contribution in [1.29, 1.82) is 0 Å². The van der Waals surface area contributed by atoms with Crippen LogP contribution in [0.4, 0.5) is 11.4 Å². The maximum absolute atomic E-state index is 13.5. The van der Waals surface area contributed by atoms with E-state index in [-0.39, 0.29) is 16.8 Å². The lowest BCUT2D eigenvalue weighted by atomic mass is 10.1. The second-order valence-corrected chi connectivity index (χ2v) is 9.66. The highest BCUT2D eigenvalue weighted by Gasteiger charge is 2.36. The molecule has 5 rings (SSSR count). The average Bonchev–Trinajstić information content (AvgIpc) is 3.33. The number of para-hydroxylation sites is 1. The highest BCUT2D eigenvalue weighted by molar-refractivity contribution is 7.92. The molecule has 2 aliphatic heterocycles. The second kappa shape index (κ2) is 6.99. The van der Waals surface area contributed by atoms with Gasteiger partial charge in [0.2, 0.25) is 0 Å². The number of carbonyl (C=O) groups excluding carboxylic acids is 1. The number of sulfonamides is 1. The summed E-state index contributed by atoms with van der Waals surface area (Å²) in [6.45, 7) is 2.49. The molecule has 0 radical (unpaired) electrons. The van der Waals surface area contributed by atoms with Gasteiger partial charge in [0.25, 0.3) is 15.9 Å². The molecule has 0 spiro atoms. The largest absolute Gasteiger partial charge is 0.308 e. The smallest absolute Gasteiger partial charge is 0.264 e. The number of hydrogen-bond acceptors (Lipinski definition) is 3. The summed E-state index contributed by atoms with van der Waals surface area (Å²) < 4.78 is 28.5. The van der Waals surface area contributed by atoms with E-state index in [1.807, 2.05) is 49.4 Å². The van der Waals surface area contributed by atoms with Crippen molar-refractivity contribution < 1.29 is 13.2 Å². The molecule has 3 aromatic rings. The molecule has 1 amide bonds. The van der Waals surface area contributed by atoms with E-state index in [1.165, 1.54) is 4.31 Å². The minimum Gasteiger partial charge on any atom is -0.308 e. The van der Waals surface area contributed by atoms with Gasteiger partial charge in [0.05, 0.1) is 10.6 Å². The lowest BCUT2D eigenvalue weighted by molar-refractivity contribution is 0.0989. The number of amides is 1. The molecule has 152 valence electrons. The molecular formula is C24H22N2O3S. The van der Waals surface area contributed by atoms with E-state index in [4.69, 9.17) is 0 Å². The van der Waals surface area contributed by atoms with Gasteiger partial charge in [0.1, 0.15) is 0 Å². The summed E-state index contributed by atoms with van der Waals surface area (Å²) in [6.07, 6.45) is 1.35. The molecule has 2 heterocycles. The molecule has 0 N–H and O–H groups in total. The van der Waals surface area contributed by atoms with Crippen LogP contribution in [-0.4, -0.2) is 26.9 Å². The van der Waals surface area contributed by atoms with E-state index in [1.54, 1.807) is 35.2 Å². The predicted molar refractivity (Wildman–Crippen MR) is 118 cm³/mol. The number of hydrogen-bond donors (Lipinski definition) is 0. The SMILES string of the molecule is C[C@H]1Cc2ccccc2N1S(=O)(=O)c1ccc2c(c1)CCN2C(=O)c1ccccc1. The molecule has 0 aliphatic carbocycles. The average molecular weight is 419 g/mol. The van der Waals surface area contributed by atoms with E-state index in [2.05, 4.69) is 0 Å². The number of fused-ring (bicyclic) bond motifs is 2. The third-order valence-corrected chi connectivity index (χ3v) is 7.84. The highest BCUT2D eigenvalue weighted by Crippen LogP contribution is 2.38. The van der Waals surface area contributed by atoms with Crippen molar-refractivity contribution in [3.8, 4) is 0 Å². The van der Waals surface area contributed by atoms with Crippen LogP contribution in [0.3, 0.4) is 0 Å². The third-order valence-electron chi connectivity index (χ3n) is 5.91. The second-order valence-electron chi connectivity index (χ2n) is 7.85. The molecule has 0 unspecified atom stereocenters. The minimum atomic E-state index is -3.68. The van der Waals surface area contributed by atoms with Crippen LogP contribution in [0, 0.1) is 0 Å². The molecule has 0 bridgehead atoms. The Kier molecular flexibility index (Phi) is 4.40. The summed E-state index contributed by atoms with van der Waals surface area (Å²) in [4.78, 5) is 14.9. The molecule has 0 saturated carbocycles. The van der Waals surface area contributed by atoms with Gasteiger partial charge in [-0.2, -0.15) is 0 Å². The zero-order valence-corrected chi connectivity index (χ0v) is 17.5. The summed E-state index contributed by atoms with van der Waals surface area (Å²) in [5.74, 6) is -0.0629. The standard InChI is InChI=1S/C24H22N2O3S/c1-17-15-19-9-5-6-10-23(19)26(17)30(28,29)21-11-12-22-20(16-21)13-14-25(22)24(27)18-7-3-2-4-8-18/h2-12,16-17H,13-15H2,1H3/t17-/m0/s1. The Morgan fingerprint density at radius 2 is 1.63 bits per heavy atom. The Balaban J connectivity index is 1.49. The molecule has 5 nitrogen and oxygen atoms in total. The first-order valence-corrected chi connectivity index (χ1v) is 11.5. The van der Waals surface area contributed by atoms with Gasteiger partial charge in [-0.3, -0.25) is 9.10 Å². The van der Waals surface area contributed by atoms with Crippen molar-refractivity contribution in [2.45, 2.75) is 30.7 Å². The number of carbonyl (C=O) groups is 1. The van der Waals surface area contributed by atoms with E-state index in [0.717, 1.165) is 22.5 Å². The Hall–Kier alpha value is -3.12. The Morgan fingerprint density at radius 1 is 0.900 bits per heavy atom. The first-order chi connectivity index (χ1) is 14.5. The lowest BCUT2D eigenvalue weighted by Crippen LogP contribution is -2.35. The van der Waals surface area contributed by atoms with Crippen LogP contribution >= 0.6 is 0 Å². The van der Waals surface area contributed by atoms with Gasteiger partial charge >= 0.3 is 0 Å². The first kappa shape index (κ1) is 18.9. The normalized spacial score (nSPS) is 17.7. The van der Waals surface area contributed by atoms with Crippen LogP contribution in [0.5, 0.6) is 0 Å². The molecule has 30 heavy (non-hydrogen) atoms. The van der Waals surface area contributed by atoms with Crippen LogP contribution in [0.15, 0.2) is 77.7 Å². The summed E-state index contributed by atoms with van der Waals surface area (Å²) in [7, 11) is -3.68. The van der Waals surface area contributed by atoms with Crippen LogP contribution < -0.4 is 9.21 Å². The van der Waals surface area contributed by atoms with Crippen molar-refractivity contribution >= 4 is 27.3 Å². The molecule has 2 aliphatic rings. The van der Waals surface area contributed by atoms with Crippen LogP contribution in [0.2, 0.25) is 0 Å². The maximum Gasteiger partial charge on any atom is 0.264 e. The topological polar surface area (TPSA) is 57.7 Å². The Morgan fingerprint density at radius 3 is 2.43 bits per heavy atom. The van der Waals surface area contributed by atoms with Gasteiger partial charge in [-0.15, -0.1) is 0 Å². The van der Waals surface area contributed by atoms with Crippen molar-refractivity contribution in [3.05, 3.63) is 89.5 Å². The fourth-order valence-corrected chi connectivity index (χ4v) is 6.25. The van der Waals surface area contributed by atoms with Gasteiger partial charge in [-0.1, -0.05) is 36.4 Å². The first-order valence-electron chi connectivity index (χ1n) is 10.1. The fourth-order valence-electron chi connectivity index (χ4n) is 4.50. The minimum absolute atomic E-state index is 0.0629. The van der Waals surface area contributed by atoms with Crippen molar-refractivity contribution in [2.24, 2.45) is 0 Å². The molecular weight excluding hydrogens is 396 g/mol. The molecule has 0 aromatic heterocycles. The van der Waals surface area contributed by atoms with Gasteiger partial charge in [-0.05, 0) is 67.3 Å². The maximum atomic E-state index is 13.5. The van der Waals surface area contributed by atoms with Gasteiger partial charge in [-0.25, -0.2) is 8.42 Å². The van der Waals surface area contributed by atoms with E-state index < -0.39 is 10.0 Å². The third kappa shape index (κ3) is 2.91. The number of rotatable bonds is 3. The van der Waals surface area contributed by atoms with Gasteiger partial charge < -0.3 is 4.90 Å². The Bertz CT molecular complexity index is 1240. The lowest BCUT2D eigenvalue weighted by Gasteiger charge is -2.25. The Labute approximate surface area is 176 Å². The molecule has 6 heteroatoms. The molecule has 1 atom stereocenters. The van der Waals surface area contributed by atoms with Crippen LogP contribution in [0.25, 0.3) is 0 Å². The quantitative estimate of drug-likeness (QED) is 0.645. The molecule has 0 saturated heterocycles. The van der Waals surface area contributed by atoms with Crippen molar-refractivity contribution in [1.82, 2.24) is 0 Å². The molecule has 0 fully saturated rings. The van der Waals surface area contributed by atoms with E-state index >= 15 is 0 Å². The number of nitrogens with zero attached hydrogens (tertiary/aromatic N) is 2.